The number of quaternary nitrogens is 1. The maximum Gasteiger partial charge on any atom is 0.0675 e. The Morgan fingerprint density at radius 1 is 0.833 bits per heavy atom. The molecule has 0 unspecified atom stereocenters. The second kappa shape index (κ2) is 2.80. The zero-order valence-electron chi connectivity index (χ0n) is 4.83. The fourth-order valence-corrected chi connectivity index (χ4v) is 0. The van der Waals surface area contributed by atoms with E-state index in [1.165, 1.54) is 0 Å². The van der Waals surface area contributed by atoms with Gasteiger partial charge >= 0.3 is 0 Å². The Bertz CT molecular complexity index is 23.0. The van der Waals surface area contributed by atoms with Crippen LogP contribution in [0.5, 0.6) is 0 Å². The first-order valence-electron chi connectivity index (χ1n) is 1.79. The lowest BCUT2D eigenvalue weighted by Crippen LogP contribution is -3.00. The van der Waals surface area contributed by atoms with Crippen LogP contribution in [0, 0.1) is 0 Å². The molecule has 0 saturated heterocycles. The molecule has 40 valence electrons. The van der Waals surface area contributed by atoms with Crippen LogP contribution < -0.4 is 24.0 Å². The van der Waals surface area contributed by atoms with Crippen molar-refractivity contribution in [2.45, 2.75) is 0 Å². The zero-order chi connectivity index (χ0) is 4.50. The van der Waals surface area contributed by atoms with E-state index >= 15 is 0 Å². The smallest absolute Gasteiger partial charge is 0.0675 e. The van der Waals surface area contributed by atoms with Crippen LogP contribution in [0.2, 0.25) is 0 Å². The highest BCUT2D eigenvalue weighted by Crippen LogP contribution is 1.73. The second-order valence-electron chi connectivity index (χ2n) is 2.68. The van der Waals surface area contributed by atoms with E-state index in [9.17, 15) is 0 Å². The van der Waals surface area contributed by atoms with E-state index in [0.29, 0.717) is 0 Å². The number of halogens is 1. The van der Waals surface area contributed by atoms with Crippen molar-refractivity contribution in [3.63, 3.8) is 0 Å². The van der Waals surface area contributed by atoms with Crippen molar-refractivity contribution in [1.29, 1.82) is 0 Å². The standard InChI is InChI=1S/C4H12N.HI/c1-5(2,3)4;/h1-4H3;1H/q+1;/p-1/i1+1,2+1,3+1;. The van der Waals surface area contributed by atoms with Crippen molar-refractivity contribution in [2.75, 3.05) is 28.2 Å². The van der Waals surface area contributed by atoms with Gasteiger partial charge < -0.3 is 28.5 Å². The van der Waals surface area contributed by atoms with E-state index in [1.54, 1.807) is 0 Å². The van der Waals surface area contributed by atoms with Gasteiger partial charge in [-0.05, 0) is 0 Å². The van der Waals surface area contributed by atoms with Gasteiger partial charge in [0, 0.05) is 0 Å². The van der Waals surface area contributed by atoms with Crippen molar-refractivity contribution in [1.82, 2.24) is 0 Å². The van der Waals surface area contributed by atoms with Crippen LogP contribution in [0.1, 0.15) is 0 Å². The molecule has 0 bridgehead atoms. The van der Waals surface area contributed by atoms with E-state index in [2.05, 4.69) is 28.2 Å². The van der Waals surface area contributed by atoms with Crippen molar-refractivity contribution < 1.29 is 28.5 Å². The molecule has 0 amide bonds. The van der Waals surface area contributed by atoms with E-state index in [4.69, 9.17) is 0 Å². The monoisotopic (exact) mass is 204 g/mol. The molecule has 0 radical (unpaired) electrons. The molecule has 0 rings (SSSR count). The Hall–Kier alpha value is 0.690. The van der Waals surface area contributed by atoms with E-state index in [1.807, 2.05) is 0 Å². The lowest BCUT2D eigenvalue weighted by atomic mass is 11.2. The predicted molar refractivity (Wildman–Crippen MR) is 24.0 cm³/mol. The number of nitrogens with zero attached hydrogens (tertiary/aromatic N) is 1. The molecule has 0 fully saturated rings. The molecule has 0 aromatic rings. The summed E-state index contributed by atoms with van der Waals surface area (Å²) >= 11 is 0. The van der Waals surface area contributed by atoms with E-state index < -0.39 is 0 Å². The Labute approximate surface area is 56.9 Å². The Balaban J connectivity index is 0. The third-order valence-corrected chi connectivity index (χ3v) is 0. The molecular formula is C4H12IN. The summed E-state index contributed by atoms with van der Waals surface area (Å²) in [6.45, 7) is 0. The van der Waals surface area contributed by atoms with Crippen molar-refractivity contribution in [3.05, 3.63) is 0 Å². The maximum atomic E-state index is 2.12. The highest BCUT2D eigenvalue weighted by atomic mass is 127. The highest BCUT2D eigenvalue weighted by molar-refractivity contribution is 3.87. The molecule has 0 heterocycles. The summed E-state index contributed by atoms with van der Waals surface area (Å²) in [7, 11) is 8.50. The van der Waals surface area contributed by atoms with Crippen LogP contribution in [0.25, 0.3) is 0 Å². The Kier molecular flexibility index (Phi) is 4.59. The summed E-state index contributed by atoms with van der Waals surface area (Å²) in [5.74, 6) is 0. The summed E-state index contributed by atoms with van der Waals surface area (Å²) in [5.41, 5.74) is 0. The zero-order valence-corrected chi connectivity index (χ0v) is 6.98. The van der Waals surface area contributed by atoms with Crippen molar-refractivity contribution >= 4 is 0 Å². The third kappa shape index (κ3) is 134. The fraction of sp³-hybridized carbons (Fsp3) is 1.00. The molecule has 0 atom stereocenters. The van der Waals surface area contributed by atoms with E-state index in [-0.39, 0.29) is 24.0 Å². The number of hydrogen-bond donors (Lipinski definition) is 0. The molecule has 0 aromatic carbocycles. The van der Waals surface area contributed by atoms with Gasteiger partial charge in [0.05, 0.1) is 28.2 Å². The summed E-state index contributed by atoms with van der Waals surface area (Å²) in [5, 5.41) is 0. The fourth-order valence-electron chi connectivity index (χ4n) is 0. The molecule has 2 heteroatoms. The molecule has 0 aliphatic rings. The first-order chi connectivity index (χ1) is 2.00. The molecular weight excluding hydrogens is 192 g/mol. The molecule has 6 heavy (non-hydrogen) atoms. The van der Waals surface area contributed by atoms with E-state index in [0.717, 1.165) is 4.48 Å². The Morgan fingerprint density at radius 3 is 0.833 bits per heavy atom. The average Bonchev–Trinajstić information content (AvgIpc) is 0.722. The number of rotatable bonds is 0. The minimum Gasteiger partial charge on any atom is -1.00 e. The van der Waals surface area contributed by atoms with Gasteiger partial charge in [-0.1, -0.05) is 0 Å². The van der Waals surface area contributed by atoms with Gasteiger partial charge in [0.1, 0.15) is 0 Å². The SMILES string of the molecule is C[N+]([13CH3])([13CH3])[13CH3].[I-]. The predicted octanol–water partition coefficient (Wildman–Crippen LogP) is -2.67. The maximum absolute atomic E-state index is 2.12. The molecule has 0 N–H and O–H groups in total. The highest BCUT2D eigenvalue weighted by Gasteiger charge is 1.88. The topological polar surface area (TPSA) is 0 Å². The minimum atomic E-state index is 0. The molecule has 0 spiro atoms. The van der Waals surface area contributed by atoms with Gasteiger partial charge in [-0.25, -0.2) is 0 Å². The van der Waals surface area contributed by atoms with Crippen LogP contribution in [0.15, 0.2) is 0 Å². The average molecular weight is 204 g/mol. The van der Waals surface area contributed by atoms with Gasteiger partial charge in [0.15, 0.2) is 0 Å². The van der Waals surface area contributed by atoms with Crippen molar-refractivity contribution in [2.24, 2.45) is 0 Å². The Morgan fingerprint density at radius 2 is 0.833 bits per heavy atom. The van der Waals surface area contributed by atoms with Gasteiger partial charge in [-0.3, -0.25) is 0 Å². The molecule has 0 aliphatic heterocycles. The summed E-state index contributed by atoms with van der Waals surface area (Å²) < 4.78 is 1.00. The molecule has 0 aromatic heterocycles. The lowest BCUT2D eigenvalue weighted by molar-refractivity contribution is -0.849. The normalized spacial score (nSPS) is 10.0. The number of hydrogen-bond acceptors (Lipinski definition) is 0. The van der Waals surface area contributed by atoms with Crippen LogP contribution >= 0.6 is 0 Å². The summed E-state index contributed by atoms with van der Waals surface area (Å²) in [6, 6.07) is 0. The molecule has 0 saturated carbocycles. The van der Waals surface area contributed by atoms with Gasteiger partial charge in [-0.15, -0.1) is 0 Å². The summed E-state index contributed by atoms with van der Waals surface area (Å²) in [6.07, 6.45) is 0. The van der Waals surface area contributed by atoms with Crippen molar-refractivity contribution in [3.8, 4) is 0 Å². The lowest BCUT2D eigenvalue weighted by Gasteiger charge is -2.14. The quantitative estimate of drug-likeness (QED) is 0.229. The van der Waals surface area contributed by atoms with Crippen LogP contribution in [0.4, 0.5) is 0 Å². The molecule has 0 aliphatic carbocycles. The third-order valence-electron chi connectivity index (χ3n) is 0. The van der Waals surface area contributed by atoms with Gasteiger partial charge in [0.25, 0.3) is 0 Å². The van der Waals surface area contributed by atoms with Crippen LogP contribution in [0.3, 0.4) is 0 Å². The minimum absolute atomic E-state index is 0. The summed E-state index contributed by atoms with van der Waals surface area (Å²) in [4.78, 5) is 0. The van der Waals surface area contributed by atoms with Crippen LogP contribution in [-0.4, -0.2) is 32.7 Å². The van der Waals surface area contributed by atoms with Gasteiger partial charge in [-0.2, -0.15) is 0 Å². The molecule has 1 nitrogen and oxygen atoms in total. The first kappa shape index (κ1) is 9.85. The van der Waals surface area contributed by atoms with Crippen LogP contribution in [-0.2, 0) is 0 Å². The van der Waals surface area contributed by atoms with Gasteiger partial charge in [0.2, 0.25) is 0 Å². The second-order valence-corrected chi connectivity index (χ2v) is 2.68. The first-order valence-corrected chi connectivity index (χ1v) is 1.79. The largest absolute Gasteiger partial charge is 1.00 e.